The normalized spacial score (nSPS) is 19.1. The number of hydrogen-bond donors (Lipinski definition) is 3. The fourth-order valence-corrected chi connectivity index (χ4v) is 5.15. The molecule has 0 radical (unpaired) electrons. The van der Waals surface area contributed by atoms with Gasteiger partial charge in [0.1, 0.15) is 0 Å². The molecule has 1 aliphatic heterocycles. The van der Waals surface area contributed by atoms with Gasteiger partial charge in [-0.05, 0) is 39.5 Å². The van der Waals surface area contributed by atoms with Crippen LogP contribution in [0.4, 0.5) is 0 Å². The Balaban J connectivity index is 2.18. The van der Waals surface area contributed by atoms with Crippen molar-refractivity contribution in [2.24, 2.45) is 0 Å². The third kappa shape index (κ3) is 8.81. The Morgan fingerprint density at radius 3 is 2.76 bits per heavy atom. The molecule has 120 valence electrons. The summed E-state index contributed by atoms with van der Waals surface area (Å²) in [7, 11) is 2.39. The first-order valence-corrected chi connectivity index (χ1v) is 9.94. The van der Waals surface area contributed by atoms with Crippen molar-refractivity contribution in [2.75, 3.05) is 5.75 Å². The van der Waals surface area contributed by atoms with E-state index < -0.39 is 13.1 Å². The number of allylic oxidation sites excluding steroid dienone is 1. The van der Waals surface area contributed by atoms with Crippen molar-refractivity contribution in [3.05, 3.63) is 11.6 Å². The van der Waals surface area contributed by atoms with Gasteiger partial charge in [-0.3, -0.25) is 4.79 Å². The van der Waals surface area contributed by atoms with Gasteiger partial charge in [-0.1, -0.05) is 39.7 Å². The van der Waals surface area contributed by atoms with Crippen LogP contribution in [-0.4, -0.2) is 40.0 Å². The molecule has 1 heterocycles. The lowest BCUT2D eigenvalue weighted by Gasteiger charge is -2.16. The maximum absolute atomic E-state index is 11.8. The Hall–Kier alpha value is -0.105. The predicted molar refractivity (Wildman–Crippen MR) is 93.1 cm³/mol. The molecule has 1 aliphatic rings. The molecule has 0 aliphatic carbocycles. The zero-order chi connectivity index (χ0) is 15.7. The predicted octanol–water partition coefficient (Wildman–Crippen LogP) is 2.55. The molecule has 0 aromatic carbocycles. The molecule has 4 nitrogen and oxygen atoms in total. The third-order valence-corrected chi connectivity index (χ3v) is 6.40. The van der Waals surface area contributed by atoms with E-state index in [0.29, 0.717) is 12.8 Å². The molecule has 1 fully saturated rings. The van der Waals surface area contributed by atoms with E-state index >= 15 is 0 Å². The van der Waals surface area contributed by atoms with Crippen LogP contribution >= 0.6 is 21.6 Å². The fraction of sp³-hybridized carbons (Fsp3) is 0.786. The van der Waals surface area contributed by atoms with Crippen molar-refractivity contribution in [3.63, 3.8) is 0 Å². The number of hydrogen-bond acceptors (Lipinski definition) is 5. The Morgan fingerprint density at radius 1 is 1.43 bits per heavy atom. The summed E-state index contributed by atoms with van der Waals surface area (Å²) in [4.78, 5) is 11.8. The SMILES string of the molecule is CC(C)=CCC(NC(=O)CCCCC1CCSS1)B(O)O. The molecule has 1 rings (SSSR count). The molecule has 1 amide bonds. The monoisotopic (exact) mass is 331 g/mol. The van der Waals surface area contributed by atoms with Gasteiger partial charge in [-0.2, -0.15) is 0 Å². The van der Waals surface area contributed by atoms with Crippen LogP contribution in [0.3, 0.4) is 0 Å². The summed E-state index contributed by atoms with van der Waals surface area (Å²) in [6.07, 6.45) is 7.19. The minimum Gasteiger partial charge on any atom is -0.426 e. The van der Waals surface area contributed by atoms with Crippen LogP contribution < -0.4 is 5.32 Å². The van der Waals surface area contributed by atoms with Gasteiger partial charge in [0.05, 0.1) is 5.94 Å². The molecule has 2 atom stereocenters. The molecular formula is C14H26BNO3S2. The number of nitrogens with one attached hydrogen (secondary N) is 1. The number of carbonyl (C=O) groups excluding carboxylic acids is 1. The van der Waals surface area contributed by atoms with E-state index in [0.717, 1.165) is 23.7 Å². The van der Waals surface area contributed by atoms with Crippen molar-refractivity contribution < 1.29 is 14.8 Å². The largest absolute Gasteiger partial charge is 0.475 e. The Bertz CT molecular complexity index is 343. The van der Waals surface area contributed by atoms with E-state index in [-0.39, 0.29) is 5.91 Å². The van der Waals surface area contributed by atoms with Gasteiger partial charge in [0, 0.05) is 17.4 Å². The lowest BCUT2D eigenvalue weighted by molar-refractivity contribution is -0.121. The molecule has 3 N–H and O–H groups in total. The van der Waals surface area contributed by atoms with Crippen molar-refractivity contribution >= 4 is 34.6 Å². The first-order chi connectivity index (χ1) is 9.99. The smallest absolute Gasteiger partial charge is 0.426 e. The van der Waals surface area contributed by atoms with Crippen LogP contribution in [0, 0.1) is 0 Å². The Labute approximate surface area is 136 Å². The van der Waals surface area contributed by atoms with Crippen LogP contribution in [0.1, 0.15) is 52.4 Å². The topological polar surface area (TPSA) is 69.6 Å². The molecule has 0 bridgehead atoms. The Kier molecular flexibility index (Phi) is 9.55. The van der Waals surface area contributed by atoms with Crippen LogP contribution in [-0.2, 0) is 4.79 Å². The Morgan fingerprint density at radius 2 is 2.19 bits per heavy atom. The van der Waals surface area contributed by atoms with Gasteiger partial charge in [0.2, 0.25) is 5.91 Å². The molecule has 1 saturated heterocycles. The highest BCUT2D eigenvalue weighted by Gasteiger charge is 2.24. The first kappa shape index (κ1) is 18.9. The lowest BCUT2D eigenvalue weighted by atomic mass is 9.77. The number of carbonyl (C=O) groups is 1. The molecule has 7 heteroatoms. The average molecular weight is 331 g/mol. The molecular weight excluding hydrogens is 305 g/mol. The summed E-state index contributed by atoms with van der Waals surface area (Å²) in [5.74, 6) is 0.536. The standard InChI is InChI=1S/C14H26BNO3S2/c1-11(2)7-8-13(15(18)19)16-14(17)6-4-3-5-12-9-10-20-21-12/h7,12-13,18-19H,3-6,8-10H2,1-2H3,(H,16,17). The van der Waals surface area contributed by atoms with E-state index in [2.05, 4.69) is 5.32 Å². The zero-order valence-electron chi connectivity index (χ0n) is 12.9. The van der Waals surface area contributed by atoms with E-state index in [1.54, 1.807) is 0 Å². The quantitative estimate of drug-likeness (QED) is 0.262. The number of unbranched alkanes of at least 4 members (excludes halogenated alkanes) is 1. The van der Waals surface area contributed by atoms with Gasteiger partial charge in [-0.15, -0.1) is 0 Å². The van der Waals surface area contributed by atoms with E-state index in [4.69, 9.17) is 0 Å². The fourth-order valence-electron chi connectivity index (χ4n) is 2.12. The second kappa shape index (κ2) is 10.6. The maximum atomic E-state index is 11.8. The van der Waals surface area contributed by atoms with E-state index in [1.807, 2.05) is 41.5 Å². The van der Waals surface area contributed by atoms with Gasteiger partial charge in [0.25, 0.3) is 0 Å². The molecule has 0 aromatic rings. The third-order valence-electron chi connectivity index (χ3n) is 3.39. The average Bonchev–Trinajstić information content (AvgIpc) is 2.92. The van der Waals surface area contributed by atoms with Crippen molar-refractivity contribution in [2.45, 2.75) is 63.6 Å². The summed E-state index contributed by atoms with van der Waals surface area (Å²) in [6.45, 7) is 3.89. The summed E-state index contributed by atoms with van der Waals surface area (Å²) >= 11 is 0. The first-order valence-electron chi connectivity index (χ1n) is 7.56. The summed E-state index contributed by atoms with van der Waals surface area (Å²) in [5, 5.41) is 22.1. The van der Waals surface area contributed by atoms with Crippen LogP contribution in [0.2, 0.25) is 0 Å². The zero-order valence-corrected chi connectivity index (χ0v) is 14.5. The molecule has 0 saturated carbocycles. The second-order valence-electron chi connectivity index (χ2n) is 5.68. The molecule has 0 aromatic heterocycles. The van der Waals surface area contributed by atoms with Crippen LogP contribution in [0.25, 0.3) is 0 Å². The summed E-state index contributed by atoms with van der Waals surface area (Å²) in [6, 6.07) is 0. The van der Waals surface area contributed by atoms with Gasteiger partial charge in [-0.25, -0.2) is 0 Å². The number of amides is 1. The van der Waals surface area contributed by atoms with Crippen molar-refractivity contribution in [3.8, 4) is 0 Å². The molecule has 0 spiro atoms. The maximum Gasteiger partial charge on any atom is 0.475 e. The van der Waals surface area contributed by atoms with Gasteiger partial charge in [0.15, 0.2) is 0 Å². The van der Waals surface area contributed by atoms with Gasteiger partial charge < -0.3 is 15.4 Å². The summed E-state index contributed by atoms with van der Waals surface area (Å²) in [5.41, 5.74) is 1.10. The summed E-state index contributed by atoms with van der Waals surface area (Å²) < 4.78 is 0. The number of rotatable bonds is 9. The van der Waals surface area contributed by atoms with Gasteiger partial charge >= 0.3 is 7.12 Å². The minimum absolute atomic E-state index is 0.0938. The van der Waals surface area contributed by atoms with Crippen LogP contribution in [0.15, 0.2) is 11.6 Å². The van der Waals surface area contributed by atoms with Crippen molar-refractivity contribution in [1.82, 2.24) is 5.32 Å². The van der Waals surface area contributed by atoms with Crippen LogP contribution in [0.5, 0.6) is 0 Å². The minimum atomic E-state index is -1.52. The second-order valence-corrected chi connectivity index (χ2v) is 8.47. The van der Waals surface area contributed by atoms with E-state index in [9.17, 15) is 14.8 Å². The molecule has 2 unspecified atom stereocenters. The lowest BCUT2D eigenvalue weighted by Crippen LogP contribution is -2.46. The highest BCUT2D eigenvalue weighted by molar-refractivity contribution is 8.77. The highest BCUT2D eigenvalue weighted by atomic mass is 33.1. The van der Waals surface area contributed by atoms with Crippen molar-refractivity contribution in [1.29, 1.82) is 0 Å². The molecule has 21 heavy (non-hydrogen) atoms. The van der Waals surface area contributed by atoms with E-state index in [1.165, 1.54) is 18.6 Å². The highest BCUT2D eigenvalue weighted by Crippen LogP contribution is 2.39.